The molecule has 1 heterocycles. The van der Waals surface area contributed by atoms with Crippen molar-refractivity contribution in [3.05, 3.63) is 52.0 Å². The Labute approximate surface area is 194 Å². The molecule has 0 amide bonds. The Hall–Kier alpha value is -1.81. The predicted octanol–water partition coefficient (Wildman–Crippen LogP) is 3.98. The van der Waals surface area contributed by atoms with Crippen LogP contribution < -0.4 is 20.1 Å². The van der Waals surface area contributed by atoms with Crippen LogP contribution in [-0.4, -0.2) is 38.8 Å². The van der Waals surface area contributed by atoms with E-state index in [1.807, 2.05) is 18.3 Å². The number of hydrogen-bond donors (Lipinski definition) is 2. The first kappa shape index (κ1) is 25.2. The van der Waals surface area contributed by atoms with Gasteiger partial charge in [-0.3, -0.25) is 4.99 Å². The number of rotatable bonds is 10. The van der Waals surface area contributed by atoms with Gasteiger partial charge in [-0.15, -0.1) is 41.9 Å². The molecule has 2 rings (SSSR count). The molecule has 2 N–H and O–H groups in total. The van der Waals surface area contributed by atoms with Crippen LogP contribution in [0.25, 0.3) is 0 Å². The van der Waals surface area contributed by atoms with Crippen molar-refractivity contribution in [2.45, 2.75) is 32.7 Å². The van der Waals surface area contributed by atoms with Gasteiger partial charge >= 0.3 is 0 Å². The summed E-state index contributed by atoms with van der Waals surface area (Å²) in [6.45, 7) is 7.38. The zero-order valence-electron chi connectivity index (χ0n) is 17.6. The van der Waals surface area contributed by atoms with Gasteiger partial charge in [-0.05, 0) is 30.5 Å². The molecule has 0 saturated heterocycles. The van der Waals surface area contributed by atoms with Crippen LogP contribution in [0.2, 0.25) is 0 Å². The summed E-state index contributed by atoms with van der Waals surface area (Å²) in [5, 5.41) is 7.83. The SMILES string of the molecule is C=CCc1cc(CNC(=NC)NCCc2ncc(CC)s2)cc(OC)c1OC.I. The minimum absolute atomic E-state index is 0. The normalized spacial score (nSPS) is 10.8. The Morgan fingerprint density at radius 3 is 2.66 bits per heavy atom. The van der Waals surface area contributed by atoms with Crippen LogP contribution in [0.3, 0.4) is 0 Å². The molecule has 0 aliphatic heterocycles. The Bertz CT molecular complexity index is 808. The van der Waals surface area contributed by atoms with Gasteiger partial charge in [0.15, 0.2) is 17.5 Å². The lowest BCUT2D eigenvalue weighted by atomic mass is 10.1. The molecule has 0 aliphatic carbocycles. The Morgan fingerprint density at radius 1 is 1.28 bits per heavy atom. The molecule has 8 heteroatoms. The van der Waals surface area contributed by atoms with Gasteiger partial charge in [0, 0.05) is 43.2 Å². The van der Waals surface area contributed by atoms with Gasteiger partial charge in [0.25, 0.3) is 0 Å². The zero-order chi connectivity index (χ0) is 20.4. The monoisotopic (exact) mass is 530 g/mol. The number of aliphatic imine (C=N–C) groups is 1. The lowest BCUT2D eigenvalue weighted by molar-refractivity contribution is 0.352. The number of benzene rings is 1. The summed E-state index contributed by atoms with van der Waals surface area (Å²) in [6.07, 6.45) is 6.45. The summed E-state index contributed by atoms with van der Waals surface area (Å²) in [6, 6.07) is 4.08. The van der Waals surface area contributed by atoms with Crippen molar-refractivity contribution < 1.29 is 9.47 Å². The van der Waals surface area contributed by atoms with Crippen LogP contribution in [0.4, 0.5) is 0 Å². The summed E-state index contributed by atoms with van der Waals surface area (Å²) >= 11 is 1.77. The molecule has 0 unspecified atom stereocenters. The van der Waals surface area contributed by atoms with Gasteiger partial charge in [-0.25, -0.2) is 4.98 Å². The van der Waals surface area contributed by atoms with Crippen molar-refractivity contribution in [2.75, 3.05) is 27.8 Å². The minimum Gasteiger partial charge on any atom is -0.493 e. The molecular formula is C21H31IN4O2S. The molecule has 0 radical (unpaired) electrons. The Morgan fingerprint density at radius 2 is 2.07 bits per heavy atom. The number of methoxy groups -OCH3 is 2. The van der Waals surface area contributed by atoms with Crippen LogP contribution in [-0.2, 0) is 25.8 Å². The van der Waals surface area contributed by atoms with Gasteiger partial charge in [0.1, 0.15) is 0 Å². The third kappa shape index (κ3) is 7.50. The fraction of sp³-hybridized carbons (Fsp3) is 0.429. The standard InChI is InChI=1S/C21H30N4O2S.HI/c1-6-8-16-11-15(12-18(26-4)20(16)27-5)13-25-21(22-3)23-10-9-19-24-14-17(7-2)28-19;/h6,11-12,14H,1,7-10,13H2,2-5H3,(H2,22,23,25);1H. The zero-order valence-corrected chi connectivity index (χ0v) is 20.7. The van der Waals surface area contributed by atoms with E-state index in [9.17, 15) is 0 Å². The molecule has 0 bridgehead atoms. The van der Waals surface area contributed by atoms with Crippen molar-refractivity contribution in [2.24, 2.45) is 4.99 Å². The quantitative estimate of drug-likeness (QED) is 0.211. The molecule has 160 valence electrons. The average Bonchev–Trinajstić information content (AvgIpc) is 3.18. The maximum atomic E-state index is 5.49. The second-order valence-electron chi connectivity index (χ2n) is 6.16. The molecule has 2 aromatic rings. The highest BCUT2D eigenvalue weighted by molar-refractivity contribution is 14.0. The number of nitrogens with zero attached hydrogens (tertiary/aromatic N) is 2. The van der Waals surface area contributed by atoms with Crippen molar-refractivity contribution >= 4 is 41.3 Å². The number of guanidine groups is 1. The molecule has 0 fully saturated rings. The van der Waals surface area contributed by atoms with E-state index in [-0.39, 0.29) is 24.0 Å². The van der Waals surface area contributed by atoms with Gasteiger partial charge in [-0.2, -0.15) is 0 Å². The summed E-state index contributed by atoms with van der Waals surface area (Å²) in [7, 11) is 5.07. The number of thiazole rings is 1. The van der Waals surface area contributed by atoms with Gasteiger partial charge in [-0.1, -0.05) is 13.0 Å². The van der Waals surface area contributed by atoms with Gasteiger partial charge < -0.3 is 20.1 Å². The van der Waals surface area contributed by atoms with Crippen molar-refractivity contribution in [1.82, 2.24) is 15.6 Å². The topological polar surface area (TPSA) is 67.8 Å². The number of aromatic nitrogens is 1. The fourth-order valence-corrected chi connectivity index (χ4v) is 3.70. The first-order chi connectivity index (χ1) is 13.6. The Balaban J connectivity index is 0.00000420. The van der Waals surface area contributed by atoms with E-state index < -0.39 is 0 Å². The largest absolute Gasteiger partial charge is 0.493 e. The minimum atomic E-state index is 0. The van der Waals surface area contributed by atoms with Crippen molar-refractivity contribution in [3.63, 3.8) is 0 Å². The summed E-state index contributed by atoms with van der Waals surface area (Å²) < 4.78 is 11.0. The summed E-state index contributed by atoms with van der Waals surface area (Å²) in [5.74, 6) is 2.23. The van der Waals surface area contributed by atoms with Crippen molar-refractivity contribution in [3.8, 4) is 11.5 Å². The smallest absolute Gasteiger partial charge is 0.191 e. The second-order valence-corrected chi connectivity index (χ2v) is 7.36. The maximum Gasteiger partial charge on any atom is 0.191 e. The Kier molecular flexibility index (Phi) is 11.7. The van der Waals surface area contributed by atoms with Crippen molar-refractivity contribution in [1.29, 1.82) is 0 Å². The lowest BCUT2D eigenvalue weighted by Crippen LogP contribution is -2.37. The van der Waals surface area contributed by atoms with Gasteiger partial charge in [0.05, 0.1) is 19.2 Å². The second kappa shape index (κ2) is 13.4. The van der Waals surface area contributed by atoms with Crippen LogP contribution in [0.15, 0.2) is 36.0 Å². The van der Waals surface area contributed by atoms with E-state index in [0.717, 1.165) is 53.0 Å². The number of nitrogens with one attached hydrogen (secondary N) is 2. The van der Waals surface area contributed by atoms with E-state index in [4.69, 9.17) is 9.47 Å². The number of ether oxygens (including phenoxy) is 2. The molecule has 1 aromatic carbocycles. The lowest BCUT2D eigenvalue weighted by Gasteiger charge is -2.16. The van der Waals surface area contributed by atoms with Crippen LogP contribution in [0.5, 0.6) is 11.5 Å². The van der Waals surface area contributed by atoms with E-state index in [1.165, 1.54) is 4.88 Å². The molecular weight excluding hydrogens is 499 g/mol. The first-order valence-corrected chi connectivity index (χ1v) is 10.2. The predicted molar refractivity (Wildman–Crippen MR) is 132 cm³/mol. The maximum absolute atomic E-state index is 5.49. The highest BCUT2D eigenvalue weighted by Crippen LogP contribution is 2.33. The molecule has 0 atom stereocenters. The van der Waals surface area contributed by atoms with E-state index >= 15 is 0 Å². The molecule has 1 aromatic heterocycles. The highest BCUT2D eigenvalue weighted by atomic mass is 127. The number of hydrogen-bond acceptors (Lipinski definition) is 5. The van der Waals surface area contributed by atoms with E-state index in [1.54, 1.807) is 32.6 Å². The molecule has 29 heavy (non-hydrogen) atoms. The van der Waals surface area contributed by atoms with E-state index in [0.29, 0.717) is 13.0 Å². The van der Waals surface area contributed by atoms with Crippen LogP contribution >= 0.6 is 35.3 Å². The third-order valence-corrected chi connectivity index (χ3v) is 5.45. The van der Waals surface area contributed by atoms with Crippen LogP contribution in [0.1, 0.15) is 27.9 Å². The molecule has 0 aliphatic rings. The fourth-order valence-electron chi connectivity index (χ4n) is 2.84. The first-order valence-electron chi connectivity index (χ1n) is 9.37. The molecule has 0 saturated carbocycles. The third-order valence-electron chi connectivity index (χ3n) is 4.24. The number of aryl methyl sites for hydroxylation is 1. The number of allylic oxidation sites excluding steroid dienone is 1. The summed E-state index contributed by atoms with van der Waals surface area (Å²) in [4.78, 5) is 10.1. The average molecular weight is 530 g/mol. The number of halogens is 1. The van der Waals surface area contributed by atoms with E-state index in [2.05, 4.69) is 40.2 Å². The van der Waals surface area contributed by atoms with Crippen LogP contribution in [0, 0.1) is 0 Å². The molecule has 6 nitrogen and oxygen atoms in total. The van der Waals surface area contributed by atoms with Gasteiger partial charge in [0.2, 0.25) is 0 Å². The summed E-state index contributed by atoms with van der Waals surface area (Å²) in [5.41, 5.74) is 2.14. The molecule has 0 spiro atoms. The highest BCUT2D eigenvalue weighted by Gasteiger charge is 2.12.